The van der Waals surface area contributed by atoms with Gasteiger partial charge in [-0.3, -0.25) is 4.79 Å². The zero-order chi connectivity index (χ0) is 22.2. The van der Waals surface area contributed by atoms with E-state index in [1.54, 1.807) is 6.07 Å². The van der Waals surface area contributed by atoms with E-state index in [2.05, 4.69) is 25.5 Å². The van der Waals surface area contributed by atoms with Gasteiger partial charge in [-0.05, 0) is 26.2 Å². The molecule has 8 nitrogen and oxygen atoms in total. The molecular formula is C21H33ClN6O2S. The van der Waals surface area contributed by atoms with Crippen LogP contribution in [0.5, 0.6) is 0 Å². The molecule has 1 saturated heterocycles. The molecule has 1 aromatic heterocycles. The third-order valence-corrected chi connectivity index (χ3v) is 6.74. The van der Waals surface area contributed by atoms with Gasteiger partial charge in [-0.1, -0.05) is 49.5 Å². The molecule has 1 aliphatic carbocycles. The number of thioether (sulfide) groups is 1. The molecule has 1 atom stereocenters. The minimum Gasteiger partial charge on any atom is -0.353 e. The quantitative estimate of drug-likeness (QED) is 0.362. The van der Waals surface area contributed by atoms with Gasteiger partial charge >= 0.3 is 6.03 Å². The van der Waals surface area contributed by atoms with Crippen LogP contribution in [0.1, 0.15) is 52.4 Å². The van der Waals surface area contributed by atoms with Crippen molar-refractivity contribution >= 4 is 41.1 Å². The molecule has 1 saturated carbocycles. The van der Waals surface area contributed by atoms with Crippen molar-refractivity contribution in [3.8, 4) is 0 Å². The number of rotatable bonds is 7. The maximum atomic E-state index is 12.3. The molecule has 1 aromatic rings. The van der Waals surface area contributed by atoms with Crippen LogP contribution in [0.3, 0.4) is 0 Å². The van der Waals surface area contributed by atoms with Crippen molar-refractivity contribution in [2.75, 3.05) is 36.8 Å². The second-order valence-corrected chi connectivity index (χ2v) is 9.57. The summed E-state index contributed by atoms with van der Waals surface area (Å²) in [6.45, 7) is 6.71. The smallest absolute Gasteiger partial charge is 0.317 e. The second-order valence-electron chi connectivity index (χ2n) is 8.24. The Morgan fingerprint density at radius 3 is 2.71 bits per heavy atom. The summed E-state index contributed by atoms with van der Waals surface area (Å²) >= 11 is 7.55. The fourth-order valence-electron chi connectivity index (χ4n) is 4.06. The van der Waals surface area contributed by atoms with Gasteiger partial charge in [0, 0.05) is 44.3 Å². The first-order valence-corrected chi connectivity index (χ1v) is 12.6. The van der Waals surface area contributed by atoms with Crippen LogP contribution in [0.25, 0.3) is 0 Å². The fourth-order valence-corrected chi connectivity index (χ4v) is 4.95. The topological polar surface area (TPSA) is 90.5 Å². The molecule has 31 heavy (non-hydrogen) atoms. The van der Waals surface area contributed by atoms with E-state index in [-0.39, 0.29) is 23.7 Å². The lowest BCUT2D eigenvalue weighted by Crippen LogP contribution is -2.56. The lowest BCUT2D eigenvalue weighted by Gasteiger charge is -2.40. The van der Waals surface area contributed by atoms with Crippen molar-refractivity contribution in [2.45, 2.75) is 69.6 Å². The van der Waals surface area contributed by atoms with E-state index in [4.69, 9.17) is 11.6 Å². The first-order chi connectivity index (χ1) is 15.0. The van der Waals surface area contributed by atoms with Crippen LogP contribution in [-0.2, 0) is 4.79 Å². The van der Waals surface area contributed by atoms with E-state index in [9.17, 15) is 9.59 Å². The van der Waals surface area contributed by atoms with E-state index in [0.717, 1.165) is 25.1 Å². The normalized spacial score (nSPS) is 19.9. The molecule has 0 aromatic carbocycles. The van der Waals surface area contributed by atoms with Crippen LogP contribution in [0.4, 0.5) is 10.6 Å². The molecule has 3 rings (SSSR count). The molecule has 2 aliphatic rings. The first-order valence-electron chi connectivity index (χ1n) is 11.2. The molecule has 2 N–H and O–H groups in total. The molecule has 0 radical (unpaired) electrons. The van der Waals surface area contributed by atoms with Gasteiger partial charge in [-0.25, -0.2) is 14.8 Å². The summed E-state index contributed by atoms with van der Waals surface area (Å²) in [4.78, 5) is 37.5. The number of nitrogens with one attached hydrogen (secondary N) is 2. The maximum absolute atomic E-state index is 12.3. The summed E-state index contributed by atoms with van der Waals surface area (Å²) in [5.41, 5.74) is 0. The summed E-state index contributed by atoms with van der Waals surface area (Å²) in [5.74, 6) is 1.02. The average Bonchev–Trinajstić information content (AvgIpc) is 2.76. The predicted octanol–water partition coefficient (Wildman–Crippen LogP) is 3.30. The lowest BCUT2D eigenvalue weighted by molar-refractivity contribution is -0.119. The van der Waals surface area contributed by atoms with Crippen LogP contribution < -0.4 is 15.5 Å². The standard InChI is InChI=1S/C21H33ClN6O2S/c1-3-9-23-21(30)28-11-10-27(13-15(28)2)18-12-17(22)25-20(26-18)31-14-19(29)24-16-7-5-4-6-8-16/h12,15-16H,3-11,13-14H2,1-2H3,(H,23,30)(H,24,29). The monoisotopic (exact) mass is 468 g/mol. The predicted molar refractivity (Wildman–Crippen MR) is 125 cm³/mol. The Bertz CT molecular complexity index is 761. The second kappa shape index (κ2) is 11.8. The minimum atomic E-state index is -0.0186. The van der Waals surface area contributed by atoms with Crippen LogP contribution in [0.2, 0.25) is 5.15 Å². The number of carbonyl (C=O) groups excluding carboxylic acids is 2. The molecule has 2 fully saturated rings. The van der Waals surface area contributed by atoms with Gasteiger partial charge in [-0.2, -0.15) is 0 Å². The fraction of sp³-hybridized carbons (Fsp3) is 0.714. The van der Waals surface area contributed by atoms with Crippen molar-refractivity contribution < 1.29 is 9.59 Å². The van der Waals surface area contributed by atoms with Gasteiger partial charge in [0.15, 0.2) is 5.16 Å². The summed E-state index contributed by atoms with van der Waals surface area (Å²) < 4.78 is 0. The number of hydrogen-bond donors (Lipinski definition) is 2. The van der Waals surface area contributed by atoms with E-state index < -0.39 is 0 Å². The van der Waals surface area contributed by atoms with Gasteiger partial charge in [0.1, 0.15) is 11.0 Å². The highest BCUT2D eigenvalue weighted by Crippen LogP contribution is 2.24. The third kappa shape index (κ3) is 7.14. The summed E-state index contributed by atoms with van der Waals surface area (Å²) in [5, 5.41) is 6.91. The Balaban J connectivity index is 1.54. The summed E-state index contributed by atoms with van der Waals surface area (Å²) in [7, 11) is 0. The third-order valence-electron chi connectivity index (χ3n) is 5.70. The van der Waals surface area contributed by atoms with Crippen molar-refractivity contribution in [1.82, 2.24) is 25.5 Å². The number of nitrogens with zero attached hydrogens (tertiary/aromatic N) is 4. The highest BCUT2D eigenvalue weighted by Gasteiger charge is 2.28. The molecule has 0 bridgehead atoms. The number of amides is 3. The number of urea groups is 1. The van der Waals surface area contributed by atoms with Gasteiger partial charge in [0.2, 0.25) is 5.91 Å². The molecule has 10 heteroatoms. The largest absolute Gasteiger partial charge is 0.353 e. The number of hydrogen-bond acceptors (Lipinski definition) is 6. The molecule has 172 valence electrons. The molecule has 1 unspecified atom stereocenters. The highest BCUT2D eigenvalue weighted by molar-refractivity contribution is 7.99. The SMILES string of the molecule is CCCNC(=O)N1CCN(c2cc(Cl)nc(SCC(=O)NC3CCCCC3)n2)CC1C. The Morgan fingerprint density at radius 1 is 1.23 bits per heavy atom. The van der Waals surface area contributed by atoms with Gasteiger partial charge in [0.05, 0.1) is 5.75 Å². The molecule has 1 aliphatic heterocycles. The van der Waals surface area contributed by atoms with Gasteiger partial charge in [0.25, 0.3) is 0 Å². The molecular weight excluding hydrogens is 436 g/mol. The van der Waals surface area contributed by atoms with E-state index >= 15 is 0 Å². The van der Waals surface area contributed by atoms with Crippen LogP contribution in [0.15, 0.2) is 11.2 Å². The number of carbonyl (C=O) groups is 2. The van der Waals surface area contributed by atoms with E-state index in [1.807, 2.05) is 18.7 Å². The Morgan fingerprint density at radius 2 is 2.00 bits per heavy atom. The number of aromatic nitrogens is 2. The zero-order valence-electron chi connectivity index (χ0n) is 18.4. The average molecular weight is 469 g/mol. The first kappa shape index (κ1) is 23.9. The summed E-state index contributed by atoms with van der Waals surface area (Å²) in [6, 6.07) is 2.07. The van der Waals surface area contributed by atoms with Crippen molar-refractivity contribution in [3.05, 3.63) is 11.2 Å². The Labute approximate surface area is 193 Å². The van der Waals surface area contributed by atoms with Crippen LogP contribution >= 0.6 is 23.4 Å². The van der Waals surface area contributed by atoms with E-state index in [1.165, 1.54) is 31.0 Å². The molecule has 3 amide bonds. The number of anilines is 1. The van der Waals surface area contributed by atoms with Crippen LogP contribution in [-0.4, -0.2) is 70.8 Å². The minimum absolute atomic E-state index is 0.0161. The number of halogens is 1. The van der Waals surface area contributed by atoms with Gasteiger partial charge < -0.3 is 20.4 Å². The van der Waals surface area contributed by atoms with E-state index in [0.29, 0.717) is 42.5 Å². The Hall–Kier alpha value is -1.74. The maximum Gasteiger partial charge on any atom is 0.317 e. The zero-order valence-corrected chi connectivity index (χ0v) is 20.0. The van der Waals surface area contributed by atoms with Gasteiger partial charge in [-0.15, -0.1) is 0 Å². The number of piperazine rings is 1. The van der Waals surface area contributed by atoms with Crippen molar-refractivity contribution in [3.63, 3.8) is 0 Å². The Kier molecular flexibility index (Phi) is 9.07. The van der Waals surface area contributed by atoms with Crippen molar-refractivity contribution in [1.29, 1.82) is 0 Å². The molecule has 2 heterocycles. The lowest BCUT2D eigenvalue weighted by atomic mass is 9.95. The van der Waals surface area contributed by atoms with Crippen molar-refractivity contribution in [2.24, 2.45) is 0 Å². The summed E-state index contributed by atoms with van der Waals surface area (Å²) in [6.07, 6.45) is 6.68. The highest BCUT2D eigenvalue weighted by atomic mass is 35.5. The molecule has 0 spiro atoms. The van der Waals surface area contributed by atoms with Crippen LogP contribution in [0, 0.1) is 0 Å².